The van der Waals surface area contributed by atoms with Gasteiger partial charge in [0.25, 0.3) is 0 Å². The van der Waals surface area contributed by atoms with E-state index in [0.717, 1.165) is 17.1 Å². The first-order valence-corrected chi connectivity index (χ1v) is 4.98. The lowest BCUT2D eigenvalue weighted by atomic mass is 10.2. The van der Waals surface area contributed by atoms with E-state index in [4.69, 9.17) is 0 Å². The second-order valence-corrected chi connectivity index (χ2v) is 4.14. The highest BCUT2D eigenvalue weighted by molar-refractivity contribution is 8.14. The lowest BCUT2D eigenvalue weighted by Gasteiger charge is -2.07. The maximum absolute atomic E-state index is 11.1. The summed E-state index contributed by atoms with van der Waals surface area (Å²) in [5.74, 6) is 0.961. The Balaban J connectivity index is 2.50. The van der Waals surface area contributed by atoms with Crippen LogP contribution in [-0.4, -0.2) is 10.9 Å². The Kier molecular flexibility index (Phi) is 1.54. The van der Waals surface area contributed by atoms with E-state index in [1.807, 2.05) is 5.38 Å². The molecule has 0 aromatic carbocycles. The van der Waals surface area contributed by atoms with Crippen LogP contribution in [0.25, 0.3) is 0 Å². The SMILES string of the molecule is O=C1SCCc2ccsc21. The molecule has 0 aliphatic carbocycles. The summed E-state index contributed by atoms with van der Waals surface area (Å²) in [6.07, 6.45) is 1.06. The molecule has 1 aliphatic rings. The molecule has 0 fully saturated rings. The van der Waals surface area contributed by atoms with Gasteiger partial charge in [0.15, 0.2) is 0 Å². The molecule has 1 nitrogen and oxygen atoms in total. The molecule has 10 heavy (non-hydrogen) atoms. The molecule has 0 radical (unpaired) electrons. The zero-order valence-corrected chi connectivity index (χ0v) is 6.93. The molecule has 0 bridgehead atoms. The van der Waals surface area contributed by atoms with Crippen molar-refractivity contribution in [1.82, 2.24) is 0 Å². The van der Waals surface area contributed by atoms with Crippen molar-refractivity contribution in [2.75, 3.05) is 5.75 Å². The predicted octanol–water partition coefficient (Wildman–Crippen LogP) is 2.18. The first kappa shape index (κ1) is 6.43. The molecule has 0 saturated heterocycles. The largest absolute Gasteiger partial charge is 0.281 e. The molecule has 0 amide bonds. The summed E-state index contributed by atoms with van der Waals surface area (Å²) in [5, 5.41) is 2.25. The normalized spacial score (nSPS) is 17.0. The van der Waals surface area contributed by atoms with Crippen LogP contribution in [0.3, 0.4) is 0 Å². The van der Waals surface area contributed by atoms with Crippen molar-refractivity contribution in [1.29, 1.82) is 0 Å². The van der Waals surface area contributed by atoms with Crippen molar-refractivity contribution in [2.24, 2.45) is 0 Å². The third kappa shape index (κ3) is 0.896. The van der Waals surface area contributed by atoms with Gasteiger partial charge < -0.3 is 0 Å². The molecule has 2 rings (SSSR count). The second kappa shape index (κ2) is 2.40. The van der Waals surface area contributed by atoms with Gasteiger partial charge in [-0.2, -0.15) is 0 Å². The van der Waals surface area contributed by atoms with Gasteiger partial charge in [-0.15, -0.1) is 11.3 Å². The van der Waals surface area contributed by atoms with Gasteiger partial charge in [-0.3, -0.25) is 4.79 Å². The number of carbonyl (C=O) groups is 1. The number of fused-ring (bicyclic) bond motifs is 1. The highest BCUT2D eigenvalue weighted by atomic mass is 32.2. The first-order valence-electron chi connectivity index (χ1n) is 3.11. The lowest BCUT2D eigenvalue weighted by Crippen LogP contribution is -2.04. The molecular weight excluding hydrogens is 164 g/mol. The lowest BCUT2D eigenvalue weighted by molar-refractivity contribution is 0.109. The molecular formula is C7H6OS2. The van der Waals surface area contributed by atoms with Crippen LogP contribution in [0.4, 0.5) is 0 Å². The van der Waals surface area contributed by atoms with Gasteiger partial charge in [-0.25, -0.2) is 0 Å². The first-order chi connectivity index (χ1) is 4.88. The third-order valence-electron chi connectivity index (χ3n) is 1.54. The third-order valence-corrected chi connectivity index (χ3v) is 3.50. The van der Waals surface area contributed by atoms with Gasteiger partial charge in [-0.1, -0.05) is 11.8 Å². The second-order valence-electron chi connectivity index (χ2n) is 2.16. The van der Waals surface area contributed by atoms with Gasteiger partial charge in [0.1, 0.15) is 0 Å². The van der Waals surface area contributed by atoms with Gasteiger partial charge in [-0.05, 0) is 23.4 Å². The Hall–Kier alpha value is -0.280. The molecule has 0 saturated carbocycles. The molecule has 52 valence electrons. The van der Waals surface area contributed by atoms with Crippen LogP contribution in [0.2, 0.25) is 0 Å². The fraction of sp³-hybridized carbons (Fsp3) is 0.286. The van der Waals surface area contributed by atoms with Crippen LogP contribution in [0.1, 0.15) is 15.2 Å². The van der Waals surface area contributed by atoms with Gasteiger partial charge >= 0.3 is 0 Å². The average Bonchev–Trinajstić information content (AvgIpc) is 2.36. The molecule has 0 spiro atoms. The minimum atomic E-state index is 0.260. The van der Waals surface area contributed by atoms with E-state index in [1.54, 1.807) is 11.3 Å². The van der Waals surface area contributed by atoms with E-state index >= 15 is 0 Å². The van der Waals surface area contributed by atoms with Crippen LogP contribution in [-0.2, 0) is 6.42 Å². The van der Waals surface area contributed by atoms with Crippen molar-refractivity contribution in [3.63, 3.8) is 0 Å². The van der Waals surface area contributed by atoms with Gasteiger partial charge in [0, 0.05) is 5.75 Å². The monoisotopic (exact) mass is 170 g/mol. The van der Waals surface area contributed by atoms with Crippen molar-refractivity contribution in [2.45, 2.75) is 6.42 Å². The quantitative estimate of drug-likeness (QED) is 0.593. The van der Waals surface area contributed by atoms with Crippen LogP contribution in [0.5, 0.6) is 0 Å². The average molecular weight is 170 g/mol. The Bertz CT molecular complexity index is 264. The Morgan fingerprint density at radius 3 is 3.20 bits per heavy atom. The summed E-state index contributed by atoms with van der Waals surface area (Å²) in [5.41, 5.74) is 1.24. The van der Waals surface area contributed by atoms with Crippen molar-refractivity contribution in [3.05, 3.63) is 21.9 Å². The van der Waals surface area contributed by atoms with Crippen LogP contribution in [0, 0.1) is 0 Å². The molecule has 1 aliphatic heterocycles. The minimum absolute atomic E-state index is 0.260. The number of thiophene rings is 1. The summed E-state index contributed by atoms with van der Waals surface area (Å²) >= 11 is 3.00. The van der Waals surface area contributed by atoms with E-state index in [2.05, 4.69) is 6.07 Å². The molecule has 1 aromatic rings. The fourth-order valence-electron chi connectivity index (χ4n) is 1.03. The predicted molar refractivity (Wildman–Crippen MR) is 44.8 cm³/mol. The summed E-state index contributed by atoms with van der Waals surface area (Å²) in [6, 6.07) is 2.05. The number of thioether (sulfide) groups is 1. The van der Waals surface area contributed by atoms with E-state index in [9.17, 15) is 4.79 Å². The standard InChI is InChI=1S/C7H6OS2/c8-7-6-5(1-3-9-6)2-4-10-7/h1,3H,2,4H2. The maximum Gasteiger partial charge on any atom is 0.229 e. The van der Waals surface area contributed by atoms with Crippen molar-refractivity contribution < 1.29 is 4.79 Å². The number of rotatable bonds is 0. The van der Waals surface area contributed by atoms with Crippen molar-refractivity contribution in [3.8, 4) is 0 Å². The van der Waals surface area contributed by atoms with Crippen LogP contribution >= 0.6 is 23.1 Å². The highest BCUT2D eigenvalue weighted by Gasteiger charge is 2.17. The number of aryl methyl sites for hydroxylation is 1. The summed E-state index contributed by atoms with van der Waals surface area (Å²) in [6.45, 7) is 0. The summed E-state index contributed by atoms with van der Waals surface area (Å²) < 4.78 is 0. The summed E-state index contributed by atoms with van der Waals surface area (Å²) in [7, 11) is 0. The fourth-order valence-corrected chi connectivity index (χ4v) is 2.91. The van der Waals surface area contributed by atoms with E-state index < -0.39 is 0 Å². The minimum Gasteiger partial charge on any atom is -0.281 e. The molecule has 1 aromatic heterocycles. The molecule has 2 heterocycles. The van der Waals surface area contributed by atoms with E-state index in [0.29, 0.717) is 0 Å². The zero-order chi connectivity index (χ0) is 6.97. The number of hydrogen-bond donors (Lipinski definition) is 0. The molecule has 0 N–H and O–H groups in total. The number of carbonyl (C=O) groups excluding carboxylic acids is 1. The zero-order valence-electron chi connectivity index (χ0n) is 5.29. The van der Waals surface area contributed by atoms with Gasteiger partial charge in [0.05, 0.1) is 4.88 Å². The Labute approximate surface area is 67.4 Å². The molecule has 0 atom stereocenters. The van der Waals surface area contributed by atoms with Gasteiger partial charge in [0.2, 0.25) is 5.12 Å². The molecule has 0 unspecified atom stereocenters. The van der Waals surface area contributed by atoms with E-state index in [1.165, 1.54) is 17.3 Å². The Morgan fingerprint density at radius 1 is 1.50 bits per heavy atom. The molecule has 3 heteroatoms. The highest BCUT2D eigenvalue weighted by Crippen LogP contribution is 2.28. The van der Waals surface area contributed by atoms with E-state index in [-0.39, 0.29) is 5.12 Å². The topological polar surface area (TPSA) is 17.1 Å². The number of hydrogen-bond acceptors (Lipinski definition) is 3. The van der Waals surface area contributed by atoms with Crippen LogP contribution < -0.4 is 0 Å². The maximum atomic E-state index is 11.1. The van der Waals surface area contributed by atoms with Crippen LogP contribution in [0.15, 0.2) is 11.4 Å². The smallest absolute Gasteiger partial charge is 0.229 e. The Morgan fingerprint density at radius 2 is 2.40 bits per heavy atom. The summed E-state index contributed by atoms with van der Waals surface area (Å²) in [4.78, 5) is 12.1. The van der Waals surface area contributed by atoms with Crippen molar-refractivity contribution >= 4 is 28.2 Å².